The molecule has 1 aliphatic rings. The number of ether oxygens (including phenoxy) is 1. The summed E-state index contributed by atoms with van der Waals surface area (Å²) in [5.74, 6) is 1.21. The van der Waals surface area contributed by atoms with Gasteiger partial charge in [-0.1, -0.05) is 31.0 Å². The predicted octanol–water partition coefficient (Wildman–Crippen LogP) is 3.20. The monoisotopic (exact) mass is 326 g/mol. The van der Waals surface area contributed by atoms with Crippen molar-refractivity contribution in [1.82, 2.24) is 5.32 Å². The molecule has 0 aromatic heterocycles. The van der Waals surface area contributed by atoms with E-state index in [1.54, 1.807) is 7.11 Å². The molecule has 22 heavy (non-hydrogen) atoms. The fourth-order valence-electron chi connectivity index (χ4n) is 3.13. The highest BCUT2D eigenvalue weighted by atomic mass is 35.5. The molecule has 1 amide bonds. The van der Waals surface area contributed by atoms with Crippen LogP contribution in [0.5, 0.6) is 5.75 Å². The van der Waals surface area contributed by atoms with Crippen LogP contribution in [-0.4, -0.2) is 19.1 Å². The van der Waals surface area contributed by atoms with Crippen molar-refractivity contribution in [3.8, 4) is 5.75 Å². The molecule has 3 unspecified atom stereocenters. The zero-order valence-corrected chi connectivity index (χ0v) is 14.2. The average Bonchev–Trinajstić information content (AvgIpc) is 2.49. The largest absolute Gasteiger partial charge is 0.496 e. The van der Waals surface area contributed by atoms with Crippen LogP contribution in [0.4, 0.5) is 0 Å². The molecule has 5 heteroatoms. The number of hydrogen-bond acceptors (Lipinski definition) is 3. The summed E-state index contributed by atoms with van der Waals surface area (Å²) in [5, 5.41) is 3.06. The van der Waals surface area contributed by atoms with Gasteiger partial charge in [0.05, 0.1) is 13.2 Å². The van der Waals surface area contributed by atoms with Crippen molar-refractivity contribution >= 4 is 18.3 Å². The summed E-state index contributed by atoms with van der Waals surface area (Å²) in [6.45, 7) is 1.98. The number of para-hydroxylation sites is 1. The lowest BCUT2D eigenvalue weighted by Crippen LogP contribution is -2.37. The van der Waals surface area contributed by atoms with Crippen LogP contribution >= 0.6 is 12.4 Å². The molecule has 1 fully saturated rings. The van der Waals surface area contributed by atoms with Gasteiger partial charge in [0, 0.05) is 18.0 Å². The van der Waals surface area contributed by atoms with Gasteiger partial charge < -0.3 is 15.8 Å². The number of carbonyl (C=O) groups is 1. The molecule has 124 valence electrons. The quantitative estimate of drug-likeness (QED) is 0.873. The zero-order chi connectivity index (χ0) is 15.2. The molecular weight excluding hydrogens is 300 g/mol. The average molecular weight is 327 g/mol. The molecule has 0 radical (unpaired) electrons. The minimum absolute atomic E-state index is 0. The van der Waals surface area contributed by atoms with Gasteiger partial charge in [0.15, 0.2) is 0 Å². The van der Waals surface area contributed by atoms with Crippen LogP contribution in [0.25, 0.3) is 0 Å². The maximum absolute atomic E-state index is 12.2. The summed E-state index contributed by atoms with van der Waals surface area (Å²) in [6, 6.07) is 7.89. The Hall–Kier alpha value is -1.26. The molecule has 3 atom stereocenters. The van der Waals surface area contributed by atoms with E-state index in [2.05, 4.69) is 5.32 Å². The first-order valence-corrected chi connectivity index (χ1v) is 7.79. The third-order valence-electron chi connectivity index (χ3n) is 4.40. The third-order valence-corrected chi connectivity index (χ3v) is 4.40. The Bertz CT molecular complexity index is 481. The molecule has 1 aromatic rings. The van der Waals surface area contributed by atoms with Gasteiger partial charge in [0.2, 0.25) is 5.91 Å². The first-order chi connectivity index (χ1) is 10.1. The number of carbonyl (C=O) groups excluding carboxylic acids is 1. The second kappa shape index (κ2) is 9.01. The van der Waals surface area contributed by atoms with E-state index in [0.717, 1.165) is 24.2 Å². The van der Waals surface area contributed by atoms with Crippen LogP contribution in [0.2, 0.25) is 0 Å². The fraction of sp³-hybridized carbons (Fsp3) is 0.588. The van der Waals surface area contributed by atoms with Gasteiger partial charge in [-0.3, -0.25) is 4.79 Å². The Balaban J connectivity index is 0.00000242. The maximum atomic E-state index is 12.2. The molecule has 4 nitrogen and oxygen atoms in total. The molecule has 1 aliphatic carbocycles. The van der Waals surface area contributed by atoms with Crippen molar-refractivity contribution in [2.45, 2.75) is 51.1 Å². The van der Waals surface area contributed by atoms with Crippen LogP contribution in [0.3, 0.4) is 0 Å². The Labute approximate surface area is 139 Å². The van der Waals surface area contributed by atoms with E-state index < -0.39 is 0 Å². The smallest absolute Gasteiger partial charge is 0.220 e. The first-order valence-electron chi connectivity index (χ1n) is 7.79. The molecule has 0 spiro atoms. The van der Waals surface area contributed by atoms with E-state index in [-0.39, 0.29) is 30.4 Å². The van der Waals surface area contributed by atoms with Gasteiger partial charge in [-0.2, -0.15) is 0 Å². The van der Waals surface area contributed by atoms with Crippen molar-refractivity contribution in [3.05, 3.63) is 29.8 Å². The van der Waals surface area contributed by atoms with Gasteiger partial charge in [-0.15, -0.1) is 12.4 Å². The number of rotatable bonds is 5. The van der Waals surface area contributed by atoms with Gasteiger partial charge in [0.25, 0.3) is 0 Å². The molecular formula is C17H27ClN2O2. The van der Waals surface area contributed by atoms with Crippen molar-refractivity contribution in [3.63, 3.8) is 0 Å². The maximum Gasteiger partial charge on any atom is 0.220 e. The van der Waals surface area contributed by atoms with E-state index in [4.69, 9.17) is 10.5 Å². The summed E-state index contributed by atoms with van der Waals surface area (Å²) in [4.78, 5) is 12.2. The predicted molar refractivity (Wildman–Crippen MR) is 91.4 cm³/mol. The molecule has 1 aromatic carbocycles. The summed E-state index contributed by atoms with van der Waals surface area (Å²) >= 11 is 0. The summed E-state index contributed by atoms with van der Waals surface area (Å²) in [5.41, 5.74) is 7.12. The number of amides is 1. The second-order valence-electron chi connectivity index (χ2n) is 5.94. The number of halogens is 1. The normalized spacial score (nSPS) is 22.3. The van der Waals surface area contributed by atoms with E-state index in [1.165, 1.54) is 12.8 Å². The highest BCUT2D eigenvalue weighted by molar-refractivity contribution is 5.85. The standard InChI is InChI=1S/C17H26N2O2.ClH/c1-12(14-8-4-6-10-16(14)21-2)19-17(20)11-13-7-3-5-9-15(13)18;/h4,6,8,10,12-13,15H,3,5,7,9,11,18H2,1-2H3,(H,19,20);1H. The van der Waals surface area contributed by atoms with E-state index in [0.29, 0.717) is 12.3 Å². The molecule has 3 N–H and O–H groups in total. The molecule has 1 saturated carbocycles. The Kier molecular flexibility index (Phi) is 7.69. The van der Waals surface area contributed by atoms with Crippen molar-refractivity contribution in [2.75, 3.05) is 7.11 Å². The Morgan fingerprint density at radius 1 is 1.36 bits per heavy atom. The van der Waals surface area contributed by atoms with Crippen LogP contribution in [0.15, 0.2) is 24.3 Å². The molecule has 0 heterocycles. The topological polar surface area (TPSA) is 64.3 Å². The van der Waals surface area contributed by atoms with E-state index in [9.17, 15) is 4.79 Å². The van der Waals surface area contributed by atoms with E-state index in [1.807, 2.05) is 31.2 Å². The van der Waals surface area contributed by atoms with Crippen molar-refractivity contribution in [1.29, 1.82) is 0 Å². The molecule has 0 saturated heterocycles. The number of benzene rings is 1. The SMILES string of the molecule is COc1ccccc1C(C)NC(=O)CC1CCCCC1N.Cl. The lowest BCUT2D eigenvalue weighted by Gasteiger charge is -2.28. The minimum Gasteiger partial charge on any atom is -0.496 e. The van der Waals surface area contributed by atoms with Crippen LogP contribution in [0, 0.1) is 5.92 Å². The first kappa shape index (κ1) is 18.8. The highest BCUT2D eigenvalue weighted by Crippen LogP contribution is 2.27. The summed E-state index contributed by atoms with van der Waals surface area (Å²) in [7, 11) is 1.65. The summed E-state index contributed by atoms with van der Waals surface area (Å²) in [6.07, 6.45) is 5.02. The Morgan fingerprint density at radius 3 is 2.73 bits per heavy atom. The number of methoxy groups -OCH3 is 1. The van der Waals surface area contributed by atoms with Crippen LogP contribution in [-0.2, 0) is 4.79 Å². The number of nitrogens with one attached hydrogen (secondary N) is 1. The molecule has 2 rings (SSSR count). The van der Waals surface area contributed by atoms with Gasteiger partial charge in [-0.25, -0.2) is 0 Å². The van der Waals surface area contributed by atoms with Crippen LogP contribution in [0.1, 0.15) is 50.6 Å². The van der Waals surface area contributed by atoms with Gasteiger partial charge >= 0.3 is 0 Å². The van der Waals surface area contributed by atoms with Crippen molar-refractivity contribution in [2.24, 2.45) is 11.7 Å². The number of hydrogen-bond donors (Lipinski definition) is 2. The zero-order valence-electron chi connectivity index (χ0n) is 13.4. The van der Waals surface area contributed by atoms with Gasteiger partial charge in [-0.05, 0) is 31.7 Å². The van der Waals surface area contributed by atoms with Gasteiger partial charge in [0.1, 0.15) is 5.75 Å². The summed E-state index contributed by atoms with van der Waals surface area (Å²) < 4.78 is 5.34. The third kappa shape index (κ3) is 4.89. The van der Waals surface area contributed by atoms with Crippen molar-refractivity contribution < 1.29 is 9.53 Å². The lowest BCUT2D eigenvalue weighted by molar-refractivity contribution is -0.123. The number of nitrogens with two attached hydrogens (primary N) is 1. The molecule has 0 bridgehead atoms. The fourth-order valence-corrected chi connectivity index (χ4v) is 3.13. The second-order valence-corrected chi connectivity index (χ2v) is 5.94. The van der Waals surface area contributed by atoms with E-state index >= 15 is 0 Å². The van der Waals surface area contributed by atoms with Crippen LogP contribution < -0.4 is 15.8 Å². The molecule has 0 aliphatic heterocycles. The minimum atomic E-state index is -0.0616. The highest BCUT2D eigenvalue weighted by Gasteiger charge is 2.25. The lowest BCUT2D eigenvalue weighted by atomic mass is 9.83. The Morgan fingerprint density at radius 2 is 2.05 bits per heavy atom.